The fourth-order valence-corrected chi connectivity index (χ4v) is 8.25. The number of hydrogen-bond acceptors (Lipinski definition) is 14. The van der Waals surface area contributed by atoms with E-state index in [1.807, 2.05) is 0 Å². The lowest BCUT2D eigenvalue weighted by Crippen LogP contribution is -2.71. The Bertz CT molecular complexity index is 1440. The number of nitrogen functional groups attached to an aromatic ring is 1. The third kappa shape index (κ3) is 6.16. The van der Waals surface area contributed by atoms with Crippen LogP contribution in [0.3, 0.4) is 0 Å². The van der Waals surface area contributed by atoms with Crippen LogP contribution in [-0.4, -0.2) is 83.5 Å². The lowest BCUT2D eigenvalue weighted by Gasteiger charge is -2.49. The largest absolute Gasteiger partial charge is 0.477 e. The smallest absolute Gasteiger partial charge is 0.353 e. The molecule has 0 saturated carbocycles. The zero-order chi connectivity index (χ0) is 29.1. The van der Waals surface area contributed by atoms with Gasteiger partial charge in [0.2, 0.25) is 5.91 Å². The Hall–Kier alpha value is -3.03. The maximum absolute atomic E-state index is 13.1. The first-order valence-corrected chi connectivity index (χ1v) is 15.3. The molecule has 3 atom stereocenters. The van der Waals surface area contributed by atoms with E-state index in [0.717, 1.165) is 26.7 Å². The predicted octanol–water partition coefficient (Wildman–Crippen LogP) is 0.486. The molecule has 9 N–H and O–H groups in total. The molecule has 0 aromatic carbocycles. The second-order valence-electron chi connectivity index (χ2n) is 8.17. The van der Waals surface area contributed by atoms with Gasteiger partial charge in [0.25, 0.3) is 11.8 Å². The van der Waals surface area contributed by atoms with Crippen molar-refractivity contribution >= 4 is 92.8 Å². The van der Waals surface area contributed by atoms with E-state index in [1.54, 1.807) is 18.5 Å². The fraction of sp³-hybridized carbons (Fsp3) is 0.286. The average Bonchev–Trinajstić information content (AvgIpc) is 3.25. The van der Waals surface area contributed by atoms with Crippen molar-refractivity contribution in [3.8, 4) is 0 Å². The number of oxime groups is 1. The number of carboxylic acids is 1. The highest BCUT2D eigenvalue weighted by molar-refractivity contribution is 8.06. The van der Waals surface area contributed by atoms with Crippen molar-refractivity contribution in [2.75, 3.05) is 17.2 Å². The summed E-state index contributed by atoms with van der Waals surface area (Å²) in [5, 5.41) is 24.2. The molecule has 2 aliphatic heterocycles. The van der Waals surface area contributed by atoms with E-state index in [0.29, 0.717) is 16.4 Å². The highest BCUT2D eigenvalue weighted by atomic mass is 35.5. The van der Waals surface area contributed by atoms with Crippen LogP contribution in [0, 0.1) is 0 Å². The Labute approximate surface area is 248 Å². The molecule has 0 radical (unpaired) electrons. The number of fused-ring (bicyclic) bond motifs is 1. The summed E-state index contributed by atoms with van der Waals surface area (Å²) in [6, 6.07) is -0.148. The summed E-state index contributed by atoms with van der Waals surface area (Å²) >= 11 is 10.7. The number of pyridine rings is 1. The van der Waals surface area contributed by atoms with Crippen molar-refractivity contribution in [1.82, 2.24) is 20.2 Å². The standard InChI is InChI=1S/C21H21ClN8O6S4/c22-15-11(28-21(25)40-15)12(29-36)17(32)27-13-18(33)30-14(20(34)35)10(6-38-19(13)30)39-9-1-2-26-3-7(9)4-37-5-8(23)16(24)31/h1-3,8,13,19,36H,4-6,23H2,(H2,24,31)(H2,25,28)(H,27,32)(H,34,35)/b29-12-/t8-,13+,19+/m0/s1. The van der Waals surface area contributed by atoms with Crippen molar-refractivity contribution in [3.63, 3.8) is 0 Å². The number of nitrogens with two attached hydrogens (primary N) is 3. The molecule has 4 rings (SSSR count). The number of carbonyl (C=O) groups is 4. The van der Waals surface area contributed by atoms with Crippen molar-refractivity contribution in [3.05, 3.63) is 44.7 Å². The first-order valence-electron chi connectivity index (χ1n) is 11.1. The molecular formula is C21H21ClN8O6S4. The lowest BCUT2D eigenvalue weighted by atomic mass is 10.0. The number of nitrogens with one attached hydrogen (secondary N) is 1. The highest BCUT2D eigenvalue weighted by Gasteiger charge is 2.54. The summed E-state index contributed by atoms with van der Waals surface area (Å²) in [5.74, 6) is -2.49. The third-order valence-corrected chi connectivity index (χ3v) is 10.4. The molecule has 212 valence electrons. The van der Waals surface area contributed by atoms with Crippen LogP contribution in [-0.2, 0) is 24.9 Å². The van der Waals surface area contributed by atoms with Crippen molar-refractivity contribution in [2.24, 2.45) is 16.6 Å². The zero-order valence-electron chi connectivity index (χ0n) is 20.1. The van der Waals surface area contributed by atoms with E-state index in [1.165, 1.54) is 35.3 Å². The Morgan fingerprint density at radius 3 is 2.75 bits per heavy atom. The minimum atomic E-state index is -1.30. The number of aliphatic carboxylic acids is 1. The Kier molecular flexibility index (Phi) is 9.47. The van der Waals surface area contributed by atoms with Crippen LogP contribution in [0.25, 0.3) is 0 Å². The number of primary amides is 1. The van der Waals surface area contributed by atoms with Gasteiger partial charge in [-0.2, -0.15) is 11.8 Å². The number of thiazole rings is 1. The van der Waals surface area contributed by atoms with Gasteiger partial charge < -0.3 is 32.8 Å². The lowest BCUT2D eigenvalue weighted by molar-refractivity contribution is -0.150. The molecule has 19 heteroatoms. The van der Waals surface area contributed by atoms with Gasteiger partial charge in [-0.05, 0) is 11.6 Å². The van der Waals surface area contributed by atoms with Crippen LogP contribution in [0.4, 0.5) is 5.13 Å². The number of halogens is 1. The Balaban J connectivity index is 1.49. The molecule has 1 fully saturated rings. The molecule has 3 amide bonds. The Morgan fingerprint density at radius 1 is 1.38 bits per heavy atom. The summed E-state index contributed by atoms with van der Waals surface area (Å²) in [5.41, 5.74) is 16.4. The number of thioether (sulfide) groups is 3. The first kappa shape index (κ1) is 29.9. The number of carboxylic acid groups (broad SMARTS) is 1. The summed E-state index contributed by atoms with van der Waals surface area (Å²) in [6.45, 7) is 0. The molecule has 1 saturated heterocycles. The van der Waals surface area contributed by atoms with Gasteiger partial charge in [0.05, 0.1) is 6.04 Å². The molecule has 0 bridgehead atoms. The van der Waals surface area contributed by atoms with Crippen LogP contribution in [0.15, 0.2) is 39.1 Å². The first-order chi connectivity index (χ1) is 19.0. The number of rotatable bonds is 11. The number of β-lactam (4-membered cyclic amide) rings is 1. The molecular weight excluding hydrogens is 624 g/mol. The van der Waals surface area contributed by atoms with Gasteiger partial charge in [-0.15, -0.1) is 11.8 Å². The second kappa shape index (κ2) is 12.6. The number of carbonyl (C=O) groups excluding carboxylic acids is 3. The Morgan fingerprint density at radius 2 is 2.12 bits per heavy atom. The predicted molar refractivity (Wildman–Crippen MR) is 153 cm³/mol. The van der Waals surface area contributed by atoms with Crippen molar-refractivity contribution < 1.29 is 29.5 Å². The highest BCUT2D eigenvalue weighted by Crippen LogP contribution is 2.46. The van der Waals surface area contributed by atoms with Gasteiger partial charge in [0.1, 0.15) is 27.1 Å². The molecule has 2 aromatic heterocycles. The number of aromatic nitrogens is 2. The monoisotopic (exact) mass is 644 g/mol. The number of amides is 3. The summed E-state index contributed by atoms with van der Waals surface area (Å²) < 4.78 is 0.0245. The SMILES string of the molecule is NC(=O)[C@@H](N)CSCc1cnccc1SC1=C(C(=O)O)N2C(=O)[C@@H](NC(=O)/C(=N\O)c3nc(N)sc3Cl)[C@H]2SC1. The van der Waals surface area contributed by atoms with Gasteiger partial charge >= 0.3 is 5.97 Å². The molecule has 0 spiro atoms. The minimum Gasteiger partial charge on any atom is -0.477 e. The van der Waals surface area contributed by atoms with Gasteiger partial charge in [-0.1, -0.05) is 39.9 Å². The normalized spacial score (nSPS) is 19.6. The summed E-state index contributed by atoms with van der Waals surface area (Å²) in [6.07, 6.45) is 3.20. The van der Waals surface area contributed by atoms with Crippen molar-refractivity contribution in [1.29, 1.82) is 0 Å². The quantitative estimate of drug-likeness (QED) is 0.0845. The van der Waals surface area contributed by atoms with Gasteiger partial charge in [0, 0.05) is 39.5 Å². The van der Waals surface area contributed by atoms with Crippen LogP contribution < -0.4 is 22.5 Å². The van der Waals surface area contributed by atoms with E-state index >= 15 is 0 Å². The molecule has 0 aliphatic carbocycles. The fourth-order valence-electron chi connectivity index (χ4n) is 3.68. The molecule has 2 aliphatic rings. The van der Waals surface area contributed by atoms with E-state index < -0.39 is 46.9 Å². The third-order valence-electron chi connectivity index (χ3n) is 5.58. The summed E-state index contributed by atoms with van der Waals surface area (Å²) in [4.78, 5) is 59.6. The molecule has 4 heterocycles. The molecule has 40 heavy (non-hydrogen) atoms. The topological polar surface area (TPSA) is 240 Å². The van der Waals surface area contributed by atoms with Crippen LogP contribution >= 0.6 is 58.2 Å². The van der Waals surface area contributed by atoms with Gasteiger partial charge in [0.15, 0.2) is 10.8 Å². The zero-order valence-corrected chi connectivity index (χ0v) is 24.2. The minimum absolute atomic E-state index is 0.0245. The second-order valence-corrected chi connectivity index (χ2v) is 13.1. The number of anilines is 1. The van der Waals surface area contributed by atoms with Gasteiger partial charge in [-0.3, -0.25) is 24.3 Å². The van der Waals surface area contributed by atoms with E-state index in [4.69, 9.17) is 28.8 Å². The van der Waals surface area contributed by atoms with Crippen molar-refractivity contribution in [2.45, 2.75) is 28.1 Å². The average molecular weight is 645 g/mol. The van der Waals surface area contributed by atoms with E-state index in [-0.39, 0.29) is 26.6 Å². The van der Waals surface area contributed by atoms with E-state index in [2.05, 4.69) is 20.4 Å². The van der Waals surface area contributed by atoms with Crippen LogP contribution in [0.2, 0.25) is 4.34 Å². The van der Waals surface area contributed by atoms with Crippen LogP contribution in [0.1, 0.15) is 11.3 Å². The van der Waals surface area contributed by atoms with Gasteiger partial charge in [-0.25, -0.2) is 9.78 Å². The maximum Gasteiger partial charge on any atom is 0.353 e. The van der Waals surface area contributed by atoms with E-state index in [9.17, 15) is 29.5 Å². The molecule has 2 aromatic rings. The number of nitrogens with zero attached hydrogens (tertiary/aromatic N) is 4. The molecule has 14 nitrogen and oxygen atoms in total. The molecule has 0 unspecified atom stereocenters. The van der Waals surface area contributed by atoms with Crippen LogP contribution in [0.5, 0.6) is 0 Å². The summed E-state index contributed by atoms with van der Waals surface area (Å²) in [7, 11) is 0. The maximum atomic E-state index is 13.1. The number of hydrogen-bond donors (Lipinski definition) is 6.